The third-order valence-corrected chi connectivity index (χ3v) is 4.75. The van der Waals surface area contributed by atoms with Crippen molar-refractivity contribution in [3.05, 3.63) is 48.2 Å². The lowest BCUT2D eigenvalue weighted by Crippen LogP contribution is -2.38. The summed E-state index contributed by atoms with van der Waals surface area (Å²) in [6, 6.07) is 11.0. The molecule has 1 aliphatic heterocycles. The number of carboxylic acids is 1. The number of methoxy groups -OCH3 is 1. The molecule has 2 aromatic rings. The summed E-state index contributed by atoms with van der Waals surface area (Å²) >= 11 is 0. The van der Waals surface area contributed by atoms with Crippen molar-refractivity contribution in [2.45, 2.75) is 19.3 Å². The van der Waals surface area contributed by atoms with Crippen molar-refractivity contribution < 1.29 is 19.4 Å². The summed E-state index contributed by atoms with van der Waals surface area (Å²) in [6.07, 6.45) is 3.33. The van der Waals surface area contributed by atoms with Gasteiger partial charge < -0.3 is 14.7 Å². The molecule has 1 fully saturated rings. The lowest BCUT2D eigenvalue weighted by atomic mass is 9.93. The van der Waals surface area contributed by atoms with E-state index >= 15 is 0 Å². The number of nitrogens with zero attached hydrogens (tertiary/aromatic N) is 2. The van der Waals surface area contributed by atoms with E-state index < -0.39 is 5.97 Å². The quantitative estimate of drug-likeness (QED) is 0.892. The Hall–Kier alpha value is -2.89. The van der Waals surface area contributed by atoms with Crippen LogP contribution in [0.5, 0.6) is 5.75 Å². The average Bonchev–Trinajstić information content (AvgIpc) is 2.68. The Labute approximate surface area is 152 Å². The van der Waals surface area contributed by atoms with Crippen LogP contribution < -0.4 is 4.74 Å². The summed E-state index contributed by atoms with van der Waals surface area (Å²) < 4.78 is 5.41. The number of aliphatic carboxylic acids is 1. The highest BCUT2D eigenvalue weighted by Crippen LogP contribution is 2.30. The molecule has 0 atom stereocenters. The number of hydrogen-bond acceptors (Lipinski definition) is 4. The Kier molecular flexibility index (Phi) is 5.51. The van der Waals surface area contributed by atoms with Crippen LogP contribution in [0.3, 0.4) is 0 Å². The molecule has 0 bridgehead atoms. The number of carbonyl (C=O) groups excluding carboxylic acids is 1. The number of rotatable bonds is 5. The fraction of sp³-hybridized carbons (Fsp3) is 0.350. The van der Waals surface area contributed by atoms with E-state index in [2.05, 4.69) is 4.98 Å². The first-order valence-corrected chi connectivity index (χ1v) is 8.69. The van der Waals surface area contributed by atoms with Crippen LogP contribution in [-0.4, -0.2) is 47.1 Å². The Bertz CT molecular complexity index is 784. The van der Waals surface area contributed by atoms with Gasteiger partial charge in [-0.05, 0) is 49.1 Å². The molecule has 1 amide bonds. The molecule has 1 aromatic heterocycles. The second-order valence-corrected chi connectivity index (χ2v) is 6.46. The van der Waals surface area contributed by atoms with Gasteiger partial charge >= 0.3 is 5.97 Å². The zero-order chi connectivity index (χ0) is 18.5. The topological polar surface area (TPSA) is 79.7 Å². The van der Waals surface area contributed by atoms with Gasteiger partial charge in [0.1, 0.15) is 5.75 Å². The number of carboxylic acid groups (broad SMARTS) is 1. The summed E-state index contributed by atoms with van der Waals surface area (Å²) in [7, 11) is 1.59. The third-order valence-electron chi connectivity index (χ3n) is 4.75. The number of carbonyl (C=O) groups is 2. The number of piperidine rings is 1. The summed E-state index contributed by atoms with van der Waals surface area (Å²) in [6.45, 7) is 1.17. The van der Waals surface area contributed by atoms with Crippen LogP contribution in [0.15, 0.2) is 42.6 Å². The third kappa shape index (κ3) is 4.02. The standard InChI is InChI=1S/C20H22N2O4/c1-26-18-6-5-15(13-16(18)17-4-2-3-9-21-17)20(25)22-10-7-14(8-11-22)12-19(23)24/h2-6,9,13-14H,7-8,10-12H2,1H3,(H,23,24). The predicted octanol–water partition coefficient (Wildman–Crippen LogP) is 3.08. The Morgan fingerprint density at radius 3 is 2.62 bits per heavy atom. The molecule has 1 saturated heterocycles. The lowest BCUT2D eigenvalue weighted by Gasteiger charge is -2.31. The molecule has 136 valence electrons. The molecule has 2 heterocycles. The Morgan fingerprint density at radius 1 is 1.23 bits per heavy atom. The molecule has 0 spiro atoms. The number of ether oxygens (including phenoxy) is 1. The maximum atomic E-state index is 12.9. The largest absolute Gasteiger partial charge is 0.496 e. The second-order valence-electron chi connectivity index (χ2n) is 6.46. The van der Waals surface area contributed by atoms with E-state index in [0.717, 1.165) is 24.1 Å². The lowest BCUT2D eigenvalue weighted by molar-refractivity contribution is -0.138. The van der Waals surface area contributed by atoms with Gasteiger partial charge in [-0.2, -0.15) is 0 Å². The van der Waals surface area contributed by atoms with Crippen molar-refractivity contribution in [1.82, 2.24) is 9.88 Å². The maximum absolute atomic E-state index is 12.9. The molecular weight excluding hydrogens is 332 g/mol. The van der Waals surface area contributed by atoms with Gasteiger partial charge in [-0.1, -0.05) is 6.07 Å². The molecule has 6 heteroatoms. The van der Waals surface area contributed by atoms with E-state index in [-0.39, 0.29) is 18.2 Å². The van der Waals surface area contributed by atoms with E-state index in [1.807, 2.05) is 24.3 Å². The first-order valence-electron chi connectivity index (χ1n) is 8.69. The number of hydrogen-bond donors (Lipinski definition) is 1. The minimum Gasteiger partial charge on any atom is -0.496 e. The minimum absolute atomic E-state index is 0.0430. The fourth-order valence-corrected chi connectivity index (χ4v) is 3.33. The second kappa shape index (κ2) is 7.99. The molecule has 0 unspecified atom stereocenters. The molecule has 1 aliphatic rings. The zero-order valence-corrected chi connectivity index (χ0v) is 14.7. The van der Waals surface area contributed by atoms with Crippen LogP contribution in [-0.2, 0) is 4.79 Å². The number of benzene rings is 1. The molecule has 6 nitrogen and oxygen atoms in total. The van der Waals surface area contributed by atoms with Crippen LogP contribution in [0.2, 0.25) is 0 Å². The first kappa shape index (κ1) is 17.9. The highest BCUT2D eigenvalue weighted by Gasteiger charge is 2.25. The zero-order valence-electron chi connectivity index (χ0n) is 14.7. The van der Waals surface area contributed by atoms with Crippen LogP contribution in [0.25, 0.3) is 11.3 Å². The van der Waals surface area contributed by atoms with E-state index in [4.69, 9.17) is 9.84 Å². The minimum atomic E-state index is -0.773. The van der Waals surface area contributed by atoms with E-state index in [1.54, 1.807) is 30.3 Å². The van der Waals surface area contributed by atoms with Crippen LogP contribution in [0, 0.1) is 5.92 Å². The molecule has 3 rings (SSSR count). The van der Waals surface area contributed by atoms with Gasteiger partial charge in [-0.3, -0.25) is 14.6 Å². The number of likely N-dealkylation sites (tertiary alicyclic amines) is 1. The normalized spacial score (nSPS) is 14.9. The SMILES string of the molecule is COc1ccc(C(=O)N2CCC(CC(=O)O)CC2)cc1-c1ccccn1. The summed E-state index contributed by atoms with van der Waals surface area (Å²) in [5, 5.41) is 8.91. The van der Waals surface area contributed by atoms with Gasteiger partial charge in [0, 0.05) is 36.8 Å². The monoisotopic (exact) mass is 354 g/mol. The van der Waals surface area contributed by atoms with Crippen molar-refractivity contribution >= 4 is 11.9 Å². The highest BCUT2D eigenvalue weighted by atomic mass is 16.5. The molecule has 26 heavy (non-hydrogen) atoms. The van der Waals surface area contributed by atoms with Gasteiger partial charge in [0.05, 0.1) is 12.8 Å². The van der Waals surface area contributed by atoms with Gasteiger partial charge in [0.15, 0.2) is 0 Å². The average molecular weight is 354 g/mol. The van der Waals surface area contributed by atoms with Crippen LogP contribution in [0.4, 0.5) is 0 Å². The number of aromatic nitrogens is 1. The highest BCUT2D eigenvalue weighted by molar-refractivity contribution is 5.96. The van der Waals surface area contributed by atoms with Crippen molar-refractivity contribution in [3.63, 3.8) is 0 Å². The molecule has 1 aromatic carbocycles. The van der Waals surface area contributed by atoms with Crippen LogP contribution in [0.1, 0.15) is 29.6 Å². The van der Waals surface area contributed by atoms with E-state index in [9.17, 15) is 9.59 Å². The maximum Gasteiger partial charge on any atom is 0.303 e. The van der Waals surface area contributed by atoms with Crippen molar-refractivity contribution in [2.75, 3.05) is 20.2 Å². The predicted molar refractivity (Wildman–Crippen MR) is 97.1 cm³/mol. The smallest absolute Gasteiger partial charge is 0.303 e. The van der Waals surface area contributed by atoms with Crippen molar-refractivity contribution in [2.24, 2.45) is 5.92 Å². The summed E-state index contributed by atoms with van der Waals surface area (Å²) in [5.74, 6) is 0.000423. The number of pyridine rings is 1. The van der Waals surface area contributed by atoms with E-state index in [0.29, 0.717) is 24.4 Å². The molecule has 1 N–H and O–H groups in total. The number of amides is 1. The van der Waals surface area contributed by atoms with Gasteiger partial charge in [-0.25, -0.2) is 0 Å². The van der Waals surface area contributed by atoms with Crippen LogP contribution >= 0.6 is 0 Å². The van der Waals surface area contributed by atoms with Gasteiger partial charge in [0.25, 0.3) is 5.91 Å². The Balaban J connectivity index is 1.77. The van der Waals surface area contributed by atoms with Gasteiger partial charge in [0.2, 0.25) is 0 Å². The molecule has 0 saturated carbocycles. The fourth-order valence-electron chi connectivity index (χ4n) is 3.33. The van der Waals surface area contributed by atoms with Crippen molar-refractivity contribution in [3.8, 4) is 17.0 Å². The van der Waals surface area contributed by atoms with Crippen molar-refractivity contribution in [1.29, 1.82) is 0 Å². The Morgan fingerprint density at radius 2 is 2.00 bits per heavy atom. The molecule has 0 aliphatic carbocycles. The summed E-state index contributed by atoms with van der Waals surface area (Å²) in [4.78, 5) is 29.8. The first-order chi connectivity index (χ1) is 12.6. The van der Waals surface area contributed by atoms with Gasteiger partial charge in [-0.15, -0.1) is 0 Å². The molecular formula is C20H22N2O4. The molecule has 0 radical (unpaired) electrons. The van der Waals surface area contributed by atoms with E-state index in [1.165, 1.54) is 0 Å². The summed E-state index contributed by atoms with van der Waals surface area (Å²) in [5.41, 5.74) is 2.11.